The zero-order valence-electron chi connectivity index (χ0n) is 11.7. The Morgan fingerprint density at radius 3 is 2.72 bits per heavy atom. The van der Waals surface area contributed by atoms with E-state index < -0.39 is 0 Å². The first kappa shape index (κ1) is 13.9. The molecular weight excluding hydrogens is 244 g/mol. The van der Waals surface area contributed by atoms with Crippen LogP contribution >= 0.6 is 11.8 Å². The highest BCUT2D eigenvalue weighted by atomic mass is 32.2. The molecule has 18 heavy (non-hydrogen) atoms. The molecule has 1 fully saturated rings. The van der Waals surface area contributed by atoms with Crippen LogP contribution in [0.4, 0.5) is 0 Å². The van der Waals surface area contributed by atoms with E-state index in [0.29, 0.717) is 0 Å². The lowest BCUT2D eigenvalue weighted by atomic mass is 10.1. The Labute approximate surface area is 114 Å². The fourth-order valence-corrected chi connectivity index (χ4v) is 3.85. The molecule has 0 bridgehead atoms. The van der Waals surface area contributed by atoms with Gasteiger partial charge in [0.05, 0.1) is 12.3 Å². The lowest BCUT2D eigenvalue weighted by Crippen LogP contribution is -2.08. The van der Waals surface area contributed by atoms with Gasteiger partial charge in [-0.05, 0) is 32.6 Å². The molecule has 0 N–H and O–H groups in total. The van der Waals surface area contributed by atoms with Crippen LogP contribution in [0.2, 0.25) is 0 Å². The van der Waals surface area contributed by atoms with Crippen LogP contribution in [-0.4, -0.2) is 29.0 Å². The molecule has 3 nitrogen and oxygen atoms in total. The quantitative estimate of drug-likeness (QED) is 0.740. The first-order chi connectivity index (χ1) is 8.72. The average Bonchev–Trinajstić information content (AvgIpc) is 2.96. The molecule has 1 aromatic heterocycles. The number of nitrogens with zero attached hydrogens (tertiary/aromatic N) is 2. The molecule has 0 aromatic carbocycles. The van der Waals surface area contributed by atoms with Crippen LogP contribution < -0.4 is 0 Å². The van der Waals surface area contributed by atoms with Gasteiger partial charge in [-0.1, -0.05) is 24.6 Å². The van der Waals surface area contributed by atoms with Gasteiger partial charge in [0, 0.05) is 25.1 Å². The summed E-state index contributed by atoms with van der Waals surface area (Å²) in [6.45, 7) is 5.92. The van der Waals surface area contributed by atoms with Crippen molar-refractivity contribution in [1.82, 2.24) is 9.55 Å². The summed E-state index contributed by atoms with van der Waals surface area (Å²) in [6, 6.07) is 0. The van der Waals surface area contributed by atoms with E-state index >= 15 is 0 Å². The van der Waals surface area contributed by atoms with Gasteiger partial charge in [-0.2, -0.15) is 0 Å². The predicted octanol–water partition coefficient (Wildman–Crippen LogP) is 3.43. The highest BCUT2D eigenvalue weighted by molar-refractivity contribution is 7.99. The van der Waals surface area contributed by atoms with E-state index in [1.54, 1.807) is 7.11 Å². The smallest absolute Gasteiger partial charge is 0.168 e. The van der Waals surface area contributed by atoms with Gasteiger partial charge in [-0.3, -0.25) is 0 Å². The lowest BCUT2D eigenvalue weighted by Gasteiger charge is -2.11. The maximum Gasteiger partial charge on any atom is 0.168 e. The first-order valence-electron chi connectivity index (χ1n) is 6.88. The minimum Gasteiger partial charge on any atom is -0.383 e. The Hall–Kier alpha value is -0.480. The summed E-state index contributed by atoms with van der Waals surface area (Å²) >= 11 is 1.93. The van der Waals surface area contributed by atoms with Gasteiger partial charge >= 0.3 is 0 Å². The molecule has 2 rings (SSSR count). The second-order valence-corrected chi connectivity index (χ2v) is 6.16. The number of thioether (sulfide) groups is 1. The summed E-state index contributed by atoms with van der Waals surface area (Å²) in [7, 11) is 1.75. The summed E-state index contributed by atoms with van der Waals surface area (Å²) in [5.74, 6) is 2.13. The van der Waals surface area contributed by atoms with Crippen molar-refractivity contribution in [3.05, 3.63) is 11.4 Å². The van der Waals surface area contributed by atoms with E-state index in [9.17, 15) is 0 Å². The molecule has 1 aromatic rings. The Bertz CT molecular complexity index is 383. The Kier molecular flexibility index (Phi) is 5.13. The third kappa shape index (κ3) is 3.29. The number of ether oxygens (including phenoxy) is 1. The Morgan fingerprint density at radius 1 is 1.33 bits per heavy atom. The number of rotatable bonds is 6. The van der Waals surface area contributed by atoms with Crippen molar-refractivity contribution in [2.45, 2.75) is 51.2 Å². The van der Waals surface area contributed by atoms with Crippen LogP contribution in [0.25, 0.3) is 0 Å². The molecular formula is C14H24N2OS. The van der Waals surface area contributed by atoms with E-state index in [1.165, 1.54) is 42.3 Å². The normalized spacial score (nSPS) is 16.6. The second-order valence-electron chi connectivity index (χ2n) is 5.17. The largest absolute Gasteiger partial charge is 0.383 e. The van der Waals surface area contributed by atoms with E-state index in [4.69, 9.17) is 9.72 Å². The van der Waals surface area contributed by atoms with Gasteiger partial charge in [0.2, 0.25) is 0 Å². The summed E-state index contributed by atoms with van der Waals surface area (Å²) in [5.41, 5.74) is 2.43. The van der Waals surface area contributed by atoms with Crippen molar-refractivity contribution in [3.63, 3.8) is 0 Å². The van der Waals surface area contributed by atoms with E-state index in [-0.39, 0.29) is 0 Å². The molecule has 0 saturated heterocycles. The molecule has 1 aliphatic rings. The molecule has 1 heterocycles. The van der Waals surface area contributed by atoms with E-state index in [0.717, 1.165) is 24.8 Å². The molecule has 0 radical (unpaired) electrons. The zero-order valence-corrected chi connectivity index (χ0v) is 12.6. The molecule has 4 heteroatoms. The fourth-order valence-electron chi connectivity index (χ4n) is 2.55. The topological polar surface area (TPSA) is 27.1 Å². The molecule has 0 aliphatic heterocycles. The molecule has 0 unspecified atom stereocenters. The third-order valence-electron chi connectivity index (χ3n) is 3.86. The van der Waals surface area contributed by atoms with Crippen molar-refractivity contribution in [3.8, 4) is 0 Å². The molecule has 0 atom stereocenters. The van der Waals surface area contributed by atoms with Gasteiger partial charge in [-0.15, -0.1) is 0 Å². The van der Waals surface area contributed by atoms with E-state index in [2.05, 4.69) is 18.4 Å². The number of aromatic nitrogens is 2. The minimum absolute atomic E-state index is 0.758. The highest BCUT2D eigenvalue weighted by Gasteiger charge is 2.17. The summed E-state index contributed by atoms with van der Waals surface area (Å²) < 4.78 is 7.49. The maximum atomic E-state index is 5.19. The highest BCUT2D eigenvalue weighted by Crippen LogP contribution is 2.31. The molecule has 102 valence electrons. The van der Waals surface area contributed by atoms with Crippen LogP contribution in [0.5, 0.6) is 0 Å². The first-order valence-corrected chi connectivity index (χ1v) is 7.86. The zero-order chi connectivity index (χ0) is 13.0. The Morgan fingerprint density at radius 2 is 2.06 bits per heavy atom. The third-order valence-corrected chi connectivity index (χ3v) is 5.07. The van der Waals surface area contributed by atoms with Gasteiger partial charge < -0.3 is 9.30 Å². The van der Waals surface area contributed by atoms with Crippen LogP contribution in [0, 0.1) is 19.8 Å². The van der Waals surface area contributed by atoms with Crippen LogP contribution in [0.3, 0.4) is 0 Å². The number of hydrogen-bond donors (Lipinski definition) is 0. The van der Waals surface area contributed by atoms with Gasteiger partial charge in [0.1, 0.15) is 0 Å². The fraction of sp³-hybridized carbons (Fsp3) is 0.786. The Balaban J connectivity index is 1.98. The number of hydrogen-bond acceptors (Lipinski definition) is 3. The summed E-state index contributed by atoms with van der Waals surface area (Å²) in [5, 5.41) is 1.17. The minimum atomic E-state index is 0.758. The van der Waals surface area contributed by atoms with Gasteiger partial charge in [0.15, 0.2) is 5.16 Å². The van der Waals surface area contributed by atoms with Crippen LogP contribution in [0.15, 0.2) is 5.16 Å². The maximum absolute atomic E-state index is 5.19. The molecule has 1 aliphatic carbocycles. The van der Waals surface area contributed by atoms with Crippen LogP contribution in [-0.2, 0) is 11.3 Å². The van der Waals surface area contributed by atoms with Crippen molar-refractivity contribution in [2.75, 3.05) is 19.5 Å². The SMILES string of the molecule is COCCn1c(SCC2CCCC2)nc(C)c1C. The number of aryl methyl sites for hydroxylation is 1. The molecule has 0 spiro atoms. The monoisotopic (exact) mass is 268 g/mol. The lowest BCUT2D eigenvalue weighted by molar-refractivity contribution is 0.184. The molecule has 0 amide bonds. The van der Waals surface area contributed by atoms with E-state index in [1.807, 2.05) is 11.8 Å². The average molecular weight is 268 g/mol. The molecule has 1 saturated carbocycles. The van der Waals surface area contributed by atoms with Gasteiger partial charge in [-0.25, -0.2) is 4.98 Å². The van der Waals surface area contributed by atoms with Crippen molar-refractivity contribution < 1.29 is 4.74 Å². The van der Waals surface area contributed by atoms with Crippen molar-refractivity contribution >= 4 is 11.8 Å². The standard InChI is InChI=1S/C14H24N2OS/c1-11-12(2)16(8-9-17-3)14(15-11)18-10-13-6-4-5-7-13/h13H,4-10H2,1-3H3. The number of methoxy groups -OCH3 is 1. The summed E-state index contributed by atoms with van der Waals surface area (Å²) in [6.07, 6.45) is 5.65. The van der Waals surface area contributed by atoms with Crippen molar-refractivity contribution in [2.24, 2.45) is 5.92 Å². The van der Waals surface area contributed by atoms with Crippen LogP contribution in [0.1, 0.15) is 37.1 Å². The van der Waals surface area contributed by atoms with Gasteiger partial charge in [0.25, 0.3) is 0 Å². The summed E-state index contributed by atoms with van der Waals surface area (Å²) in [4.78, 5) is 4.69. The predicted molar refractivity (Wildman–Crippen MR) is 76.3 cm³/mol. The van der Waals surface area contributed by atoms with Crippen molar-refractivity contribution in [1.29, 1.82) is 0 Å². The second kappa shape index (κ2) is 6.62. The number of imidazole rings is 1.